The minimum atomic E-state index is -0.133. The summed E-state index contributed by atoms with van der Waals surface area (Å²) in [6, 6.07) is 7.16. The number of hydrogen-bond acceptors (Lipinski definition) is 5. The Morgan fingerprint density at radius 1 is 1.21 bits per heavy atom. The Morgan fingerprint density at radius 3 is 2.54 bits per heavy atom. The van der Waals surface area contributed by atoms with Crippen LogP contribution in [0.4, 0.5) is 0 Å². The fraction of sp³-hybridized carbons (Fsp3) is 0.412. The smallest absolute Gasteiger partial charge is 0.272 e. The van der Waals surface area contributed by atoms with Gasteiger partial charge in [0.2, 0.25) is 0 Å². The lowest BCUT2D eigenvalue weighted by molar-refractivity contribution is 0.0536. The van der Waals surface area contributed by atoms with Crippen LogP contribution in [0.5, 0.6) is 11.5 Å². The van der Waals surface area contributed by atoms with Crippen LogP contribution in [0.2, 0.25) is 0 Å². The van der Waals surface area contributed by atoms with Gasteiger partial charge < -0.3 is 19.1 Å². The molecule has 1 aromatic heterocycles. The van der Waals surface area contributed by atoms with Gasteiger partial charge in [0.15, 0.2) is 11.5 Å². The number of amides is 1. The molecular formula is C17H23N3O4. The molecule has 7 nitrogen and oxygen atoms in total. The number of aromatic nitrogens is 2. The maximum Gasteiger partial charge on any atom is 0.272 e. The third kappa shape index (κ3) is 4.05. The van der Waals surface area contributed by atoms with Gasteiger partial charge in [-0.15, -0.1) is 0 Å². The van der Waals surface area contributed by atoms with E-state index in [4.69, 9.17) is 14.2 Å². The van der Waals surface area contributed by atoms with Crippen LogP contribution in [-0.4, -0.2) is 55.0 Å². The van der Waals surface area contributed by atoms with Crippen molar-refractivity contribution < 1.29 is 19.0 Å². The molecule has 0 fully saturated rings. The number of nitrogens with zero attached hydrogens (tertiary/aromatic N) is 2. The molecule has 1 amide bonds. The first-order valence-electron chi connectivity index (χ1n) is 7.60. The average molecular weight is 333 g/mol. The monoisotopic (exact) mass is 333 g/mol. The first-order chi connectivity index (χ1) is 11.6. The number of H-pyrrole nitrogens is 1. The molecule has 1 aromatic carbocycles. The van der Waals surface area contributed by atoms with Gasteiger partial charge in [-0.05, 0) is 30.7 Å². The predicted octanol–water partition coefficient (Wildman–Crippen LogP) is 2.10. The zero-order chi connectivity index (χ0) is 17.5. The van der Waals surface area contributed by atoms with Crippen molar-refractivity contribution in [1.29, 1.82) is 0 Å². The van der Waals surface area contributed by atoms with Gasteiger partial charge >= 0.3 is 0 Å². The van der Waals surface area contributed by atoms with Gasteiger partial charge in [0, 0.05) is 19.9 Å². The molecule has 0 saturated carbocycles. The van der Waals surface area contributed by atoms with Crippen molar-refractivity contribution >= 4 is 5.91 Å². The SMILES string of the molecule is COCC(C)N(Cc1ccc(OC)c(OC)c1)C(=O)c1ccn[nH]1. The fourth-order valence-electron chi connectivity index (χ4n) is 2.46. The van der Waals surface area contributed by atoms with E-state index in [1.807, 2.05) is 25.1 Å². The van der Waals surface area contributed by atoms with Crippen LogP contribution in [-0.2, 0) is 11.3 Å². The zero-order valence-corrected chi connectivity index (χ0v) is 14.4. The maximum atomic E-state index is 12.7. The molecule has 0 spiro atoms. The van der Waals surface area contributed by atoms with Crippen molar-refractivity contribution in [2.45, 2.75) is 19.5 Å². The van der Waals surface area contributed by atoms with E-state index in [1.165, 1.54) is 0 Å². The lowest BCUT2D eigenvalue weighted by Crippen LogP contribution is -2.40. The minimum absolute atomic E-state index is 0.0982. The first-order valence-corrected chi connectivity index (χ1v) is 7.60. The maximum absolute atomic E-state index is 12.7. The van der Waals surface area contributed by atoms with Crippen LogP contribution in [0.25, 0.3) is 0 Å². The fourth-order valence-corrected chi connectivity index (χ4v) is 2.46. The highest BCUT2D eigenvalue weighted by molar-refractivity contribution is 5.92. The minimum Gasteiger partial charge on any atom is -0.493 e. The summed E-state index contributed by atoms with van der Waals surface area (Å²) in [6.45, 7) is 2.80. The lowest BCUT2D eigenvalue weighted by atomic mass is 10.1. The Bertz CT molecular complexity index is 658. The van der Waals surface area contributed by atoms with Crippen LogP contribution in [0.15, 0.2) is 30.5 Å². The Hall–Kier alpha value is -2.54. The number of nitrogens with one attached hydrogen (secondary N) is 1. The van der Waals surface area contributed by atoms with Gasteiger partial charge in [-0.3, -0.25) is 9.89 Å². The molecule has 24 heavy (non-hydrogen) atoms. The molecule has 1 N–H and O–H groups in total. The zero-order valence-electron chi connectivity index (χ0n) is 14.4. The second-order valence-corrected chi connectivity index (χ2v) is 5.40. The Labute approximate surface area is 141 Å². The van der Waals surface area contributed by atoms with Gasteiger partial charge in [0.1, 0.15) is 5.69 Å². The molecule has 1 heterocycles. The molecule has 0 aliphatic carbocycles. The van der Waals surface area contributed by atoms with E-state index in [-0.39, 0.29) is 11.9 Å². The number of methoxy groups -OCH3 is 3. The molecule has 0 aliphatic rings. The lowest BCUT2D eigenvalue weighted by Gasteiger charge is -2.28. The third-order valence-electron chi connectivity index (χ3n) is 3.73. The molecule has 1 atom stereocenters. The van der Waals surface area contributed by atoms with Crippen molar-refractivity contribution in [3.63, 3.8) is 0 Å². The Kier molecular flexibility index (Phi) is 6.20. The summed E-state index contributed by atoms with van der Waals surface area (Å²) < 4.78 is 15.8. The summed E-state index contributed by atoms with van der Waals surface area (Å²) >= 11 is 0. The van der Waals surface area contributed by atoms with Crippen LogP contribution >= 0.6 is 0 Å². The Morgan fingerprint density at radius 2 is 1.96 bits per heavy atom. The van der Waals surface area contributed by atoms with Crippen LogP contribution in [0, 0.1) is 0 Å². The third-order valence-corrected chi connectivity index (χ3v) is 3.73. The summed E-state index contributed by atoms with van der Waals surface area (Å²) in [5.74, 6) is 1.15. The highest BCUT2D eigenvalue weighted by atomic mass is 16.5. The number of hydrogen-bond donors (Lipinski definition) is 1. The average Bonchev–Trinajstić information content (AvgIpc) is 3.13. The summed E-state index contributed by atoms with van der Waals surface area (Å²) in [5, 5.41) is 6.56. The van der Waals surface area contributed by atoms with E-state index in [2.05, 4.69) is 10.2 Å². The standard InChI is InChI=1S/C17H23N3O4/c1-12(11-22-2)20(17(21)14-7-8-18-19-14)10-13-5-6-15(23-3)16(9-13)24-4/h5-9,12H,10-11H2,1-4H3,(H,18,19). The van der Waals surface area contributed by atoms with E-state index < -0.39 is 0 Å². The molecule has 2 rings (SSSR count). The van der Waals surface area contributed by atoms with Gasteiger partial charge in [-0.1, -0.05) is 6.07 Å². The first kappa shape index (κ1) is 17.8. The normalized spacial score (nSPS) is 11.8. The van der Waals surface area contributed by atoms with E-state index in [9.17, 15) is 4.79 Å². The highest BCUT2D eigenvalue weighted by Gasteiger charge is 2.23. The number of rotatable bonds is 8. The van der Waals surface area contributed by atoms with Crippen LogP contribution in [0.3, 0.4) is 0 Å². The molecule has 0 bridgehead atoms. The number of carbonyl (C=O) groups is 1. The Balaban J connectivity index is 2.26. The van der Waals surface area contributed by atoms with E-state index in [0.29, 0.717) is 30.3 Å². The van der Waals surface area contributed by atoms with Crippen molar-refractivity contribution in [1.82, 2.24) is 15.1 Å². The second kappa shape index (κ2) is 8.35. The summed E-state index contributed by atoms with van der Waals surface area (Å²) in [5.41, 5.74) is 1.38. The molecule has 7 heteroatoms. The molecule has 0 saturated heterocycles. The quantitative estimate of drug-likeness (QED) is 0.800. The highest BCUT2D eigenvalue weighted by Crippen LogP contribution is 2.28. The second-order valence-electron chi connectivity index (χ2n) is 5.40. The topological polar surface area (TPSA) is 76.7 Å². The summed E-state index contributed by atoms with van der Waals surface area (Å²) in [4.78, 5) is 14.5. The predicted molar refractivity (Wildman–Crippen MR) is 89.3 cm³/mol. The van der Waals surface area contributed by atoms with E-state index >= 15 is 0 Å². The summed E-state index contributed by atoms with van der Waals surface area (Å²) in [7, 11) is 4.79. The number of benzene rings is 1. The van der Waals surface area contributed by atoms with Gasteiger partial charge in [-0.2, -0.15) is 5.10 Å². The molecule has 1 unspecified atom stereocenters. The molecule has 130 valence electrons. The largest absolute Gasteiger partial charge is 0.493 e. The van der Waals surface area contributed by atoms with Crippen molar-refractivity contribution in [2.24, 2.45) is 0 Å². The van der Waals surface area contributed by atoms with Crippen molar-refractivity contribution in [3.8, 4) is 11.5 Å². The van der Waals surface area contributed by atoms with Gasteiger partial charge in [-0.25, -0.2) is 0 Å². The molecular weight excluding hydrogens is 310 g/mol. The molecule has 0 radical (unpaired) electrons. The molecule has 0 aliphatic heterocycles. The van der Waals surface area contributed by atoms with Crippen LogP contribution < -0.4 is 9.47 Å². The van der Waals surface area contributed by atoms with Crippen molar-refractivity contribution in [2.75, 3.05) is 27.9 Å². The van der Waals surface area contributed by atoms with E-state index in [0.717, 1.165) is 5.56 Å². The number of carbonyl (C=O) groups excluding carboxylic acids is 1. The number of aromatic amines is 1. The van der Waals surface area contributed by atoms with Gasteiger partial charge in [0.05, 0.1) is 26.9 Å². The van der Waals surface area contributed by atoms with E-state index in [1.54, 1.807) is 38.5 Å². The number of ether oxygens (including phenoxy) is 3. The van der Waals surface area contributed by atoms with Gasteiger partial charge in [0.25, 0.3) is 5.91 Å². The molecule has 2 aromatic rings. The van der Waals surface area contributed by atoms with Crippen molar-refractivity contribution in [3.05, 3.63) is 41.7 Å². The summed E-state index contributed by atoms with van der Waals surface area (Å²) in [6.07, 6.45) is 1.56. The van der Waals surface area contributed by atoms with Crippen LogP contribution in [0.1, 0.15) is 23.0 Å².